The van der Waals surface area contributed by atoms with Gasteiger partial charge >= 0.3 is 0 Å². The molecule has 5 nitrogen and oxygen atoms in total. The van der Waals surface area contributed by atoms with Gasteiger partial charge in [0.05, 0.1) is 5.69 Å². The zero-order chi connectivity index (χ0) is 15.2. The first-order valence-corrected chi connectivity index (χ1v) is 8.10. The van der Waals surface area contributed by atoms with Crippen molar-refractivity contribution >= 4 is 5.91 Å². The standard InChI is InChI=1S/C16H28N4O/c1-12-10-13(2)20(19-12)9-5-8-18-16(21)15-7-4-3-6-14(15)11-17/h10,14-15H,3-9,11,17H2,1-2H3,(H,18,21). The lowest BCUT2D eigenvalue weighted by molar-refractivity contribution is -0.127. The summed E-state index contributed by atoms with van der Waals surface area (Å²) in [5.41, 5.74) is 8.01. The fourth-order valence-corrected chi connectivity index (χ4v) is 3.31. The maximum absolute atomic E-state index is 12.3. The van der Waals surface area contributed by atoms with Gasteiger partial charge in [-0.05, 0) is 51.6 Å². The van der Waals surface area contributed by atoms with Crippen molar-refractivity contribution < 1.29 is 4.79 Å². The third kappa shape index (κ3) is 4.30. The Balaban J connectivity index is 1.72. The van der Waals surface area contributed by atoms with Gasteiger partial charge in [-0.3, -0.25) is 9.48 Å². The fraction of sp³-hybridized carbons (Fsp3) is 0.750. The first kappa shape index (κ1) is 16.0. The minimum Gasteiger partial charge on any atom is -0.356 e. The molecule has 0 aromatic carbocycles. The Labute approximate surface area is 127 Å². The Kier molecular flexibility index (Phi) is 5.79. The third-order valence-corrected chi connectivity index (χ3v) is 4.50. The minimum absolute atomic E-state index is 0.123. The third-order valence-electron chi connectivity index (χ3n) is 4.50. The maximum atomic E-state index is 12.3. The summed E-state index contributed by atoms with van der Waals surface area (Å²) in [6.45, 7) is 6.26. The topological polar surface area (TPSA) is 72.9 Å². The summed E-state index contributed by atoms with van der Waals surface area (Å²) in [6.07, 6.45) is 5.36. The van der Waals surface area contributed by atoms with Crippen molar-refractivity contribution in [3.8, 4) is 0 Å². The summed E-state index contributed by atoms with van der Waals surface area (Å²) in [5, 5.41) is 7.51. The molecule has 1 aliphatic carbocycles. The van der Waals surface area contributed by atoms with E-state index in [4.69, 9.17) is 5.73 Å². The van der Waals surface area contributed by atoms with E-state index in [-0.39, 0.29) is 11.8 Å². The number of nitrogens with one attached hydrogen (secondary N) is 1. The van der Waals surface area contributed by atoms with Crippen LogP contribution in [0, 0.1) is 25.7 Å². The second kappa shape index (κ2) is 7.59. The largest absolute Gasteiger partial charge is 0.356 e. The van der Waals surface area contributed by atoms with Crippen molar-refractivity contribution in [2.24, 2.45) is 17.6 Å². The van der Waals surface area contributed by atoms with Gasteiger partial charge in [0.2, 0.25) is 5.91 Å². The average Bonchev–Trinajstić information content (AvgIpc) is 2.81. The molecule has 2 rings (SSSR count). The Morgan fingerprint density at radius 2 is 2.19 bits per heavy atom. The van der Waals surface area contributed by atoms with Crippen LogP contribution in [0.2, 0.25) is 0 Å². The van der Waals surface area contributed by atoms with Crippen LogP contribution in [0.15, 0.2) is 6.07 Å². The van der Waals surface area contributed by atoms with Crippen LogP contribution in [0.5, 0.6) is 0 Å². The molecule has 1 aromatic heterocycles. The average molecular weight is 292 g/mol. The van der Waals surface area contributed by atoms with E-state index >= 15 is 0 Å². The van der Waals surface area contributed by atoms with E-state index < -0.39 is 0 Å². The molecule has 2 unspecified atom stereocenters. The SMILES string of the molecule is Cc1cc(C)n(CCCNC(=O)C2CCCCC2CN)n1. The Morgan fingerprint density at radius 1 is 1.43 bits per heavy atom. The van der Waals surface area contributed by atoms with Gasteiger partial charge in [0.15, 0.2) is 0 Å². The van der Waals surface area contributed by atoms with Crippen molar-refractivity contribution in [2.75, 3.05) is 13.1 Å². The van der Waals surface area contributed by atoms with Gasteiger partial charge in [-0.15, -0.1) is 0 Å². The van der Waals surface area contributed by atoms with Gasteiger partial charge in [0.1, 0.15) is 0 Å². The molecule has 1 amide bonds. The Bertz CT molecular complexity index is 469. The van der Waals surface area contributed by atoms with Crippen LogP contribution in [-0.4, -0.2) is 28.8 Å². The van der Waals surface area contributed by atoms with Crippen LogP contribution in [0.4, 0.5) is 0 Å². The molecule has 0 bridgehead atoms. The highest BCUT2D eigenvalue weighted by Gasteiger charge is 2.29. The van der Waals surface area contributed by atoms with Crippen LogP contribution >= 0.6 is 0 Å². The molecule has 5 heteroatoms. The molecule has 118 valence electrons. The number of aryl methyl sites for hydroxylation is 3. The number of hydrogen-bond donors (Lipinski definition) is 2. The van der Waals surface area contributed by atoms with Crippen molar-refractivity contribution in [3.63, 3.8) is 0 Å². The monoisotopic (exact) mass is 292 g/mol. The molecule has 0 spiro atoms. The summed E-state index contributed by atoms with van der Waals surface area (Å²) in [7, 11) is 0. The van der Waals surface area contributed by atoms with Gasteiger partial charge in [-0.1, -0.05) is 12.8 Å². The van der Waals surface area contributed by atoms with Gasteiger partial charge < -0.3 is 11.1 Å². The van der Waals surface area contributed by atoms with Crippen molar-refractivity contribution in [3.05, 3.63) is 17.5 Å². The number of amides is 1. The highest BCUT2D eigenvalue weighted by Crippen LogP contribution is 2.29. The number of nitrogens with zero attached hydrogens (tertiary/aromatic N) is 2. The van der Waals surface area contributed by atoms with Crippen molar-refractivity contribution in [1.82, 2.24) is 15.1 Å². The van der Waals surface area contributed by atoms with E-state index in [2.05, 4.69) is 23.4 Å². The zero-order valence-electron chi connectivity index (χ0n) is 13.3. The van der Waals surface area contributed by atoms with Crippen LogP contribution in [0.25, 0.3) is 0 Å². The number of carbonyl (C=O) groups excluding carboxylic acids is 1. The van der Waals surface area contributed by atoms with Gasteiger partial charge in [-0.25, -0.2) is 0 Å². The van der Waals surface area contributed by atoms with Gasteiger partial charge in [-0.2, -0.15) is 5.10 Å². The number of rotatable bonds is 6. The van der Waals surface area contributed by atoms with Crippen LogP contribution in [-0.2, 0) is 11.3 Å². The molecule has 1 heterocycles. The smallest absolute Gasteiger partial charge is 0.223 e. The summed E-state index contributed by atoms with van der Waals surface area (Å²) < 4.78 is 2.00. The van der Waals surface area contributed by atoms with Crippen LogP contribution in [0.3, 0.4) is 0 Å². The predicted octanol–water partition coefficient (Wildman–Crippen LogP) is 1.77. The molecule has 1 aliphatic rings. The lowest BCUT2D eigenvalue weighted by Gasteiger charge is -2.29. The van der Waals surface area contributed by atoms with E-state index in [1.165, 1.54) is 12.1 Å². The molecule has 2 atom stereocenters. The van der Waals surface area contributed by atoms with E-state index in [0.717, 1.165) is 37.9 Å². The van der Waals surface area contributed by atoms with Gasteiger partial charge in [0, 0.05) is 24.7 Å². The summed E-state index contributed by atoms with van der Waals surface area (Å²) >= 11 is 0. The Hall–Kier alpha value is -1.36. The molecular formula is C16H28N4O. The summed E-state index contributed by atoms with van der Waals surface area (Å²) in [6, 6.07) is 2.08. The van der Waals surface area contributed by atoms with Gasteiger partial charge in [0.25, 0.3) is 0 Å². The second-order valence-corrected chi connectivity index (χ2v) is 6.18. The first-order valence-electron chi connectivity index (χ1n) is 8.10. The zero-order valence-corrected chi connectivity index (χ0v) is 13.3. The maximum Gasteiger partial charge on any atom is 0.223 e. The number of nitrogens with two attached hydrogens (primary N) is 1. The number of aromatic nitrogens is 2. The molecule has 1 fully saturated rings. The van der Waals surface area contributed by atoms with E-state index in [1.807, 2.05) is 11.6 Å². The summed E-state index contributed by atoms with van der Waals surface area (Å²) in [4.78, 5) is 12.3. The molecule has 1 saturated carbocycles. The molecule has 21 heavy (non-hydrogen) atoms. The van der Waals surface area contributed by atoms with Crippen molar-refractivity contribution in [1.29, 1.82) is 0 Å². The minimum atomic E-state index is 0.123. The lowest BCUT2D eigenvalue weighted by atomic mass is 9.79. The highest BCUT2D eigenvalue weighted by molar-refractivity contribution is 5.79. The molecular weight excluding hydrogens is 264 g/mol. The normalized spacial score (nSPS) is 22.2. The molecule has 3 N–H and O–H groups in total. The fourth-order valence-electron chi connectivity index (χ4n) is 3.31. The lowest BCUT2D eigenvalue weighted by Crippen LogP contribution is -2.39. The summed E-state index contributed by atoms with van der Waals surface area (Å²) in [5.74, 6) is 0.686. The van der Waals surface area contributed by atoms with Crippen LogP contribution < -0.4 is 11.1 Å². The first-order chi connectivity index (χ1) is 10.1. The van der Waals surface area contributed by atoms with Crippen LogP contribution in [0.1, 0.15) is 43.5 Å². The number of carbonyl (C=O) groups is 1. The number of hydrogen-bond acceptors (Lipinski definition) is 3. The highest BCUT2D eigenvalue weighted by atomic mass is 16.1. The molecule has 0 aliphatic heterocycles. The van der Waals surface area contributed by atoms with E-state index in [9.17, 15) is 4.79 Å². The molecule has 0 saturated heterocycles. The Morgan fingerprint density at radius 3 is 2.86 bits per heavy atom. The molecule has 1 aromatic rings. The predicted molar refractivity (Wildman–Crippen MR) is 83.8 cm³/mol. The molecule has 0 radical (unpaired) electrons. The van der Waals surface area contributed by atoms with E-state index in [0.29, 0.717) is 19.0 Å². The van der Waals surface area contributed by atoms with Crippen molar-refractivity contribution in [2.45, 2.75) is 52.5 Å². The second-order valence-electron chi connectivity index (χ2n) is 6.18. The quantitative estimate of drug-likeness (QED) is 0.785. The van der Waals surface area contributed by atoms with E-state index in [1.54, 1.807) is 0 Å².